The van der Waals surface area contributed by atoms with Crippen LogP contribution >= 0.6 is 11.8 Å². The van der Waals surface area contributed by atoms with E-state index in [-0.39, 0.29) is 17.0 Å². The van der Waals surface area contributed by atoms with E-state index in [1.165, 1.54) is 0 Å². The average Bonchev–Trinajstić information content (AvgIpc) is 3.09. The van der Waals surface area contributed by atoms with Gasteiger partial charge in [-0.2, -0.15) is 11.8 Å². The Labute approximate surface area is 107 Å². The molecule has 3 heteroatoms. The summed E-state index contributed by atoms with van der Waals surface area (Å²) < 4.78 is 5.66. The van der Waals surface area contributed by atoms with Gasteiger partial charge in [0.1, 0.15) is 5.75 Å². The Morgan fingerprint density at radius 3 is 2.24 bits per heavy atom. The van der Waals surface area contributed by atoms with Crippen molar-refractivity contribution >= 4 is 11.8 Å². The highest BCUT2D eigenvalue weighted by molar-refractivity contribution is 8.00. The van der Waals surface area contributed by atoms with E-state index in [9.17, 15) is 5.11 Å². The van der Waals surface area contributed by atoms with Crippen LogP contribution < -0.4 is 4.74 Å². The summed E-state index contributed by atoms with van der Waals surface area (Å²) >= 11 is 1.77. The highest BCUT2D eigenvalue weighted by Gasteiger charge is 2.48. The molecule has 0 amide bonds. The predicted octanol–water partition coefficient (Wildman–Crippen LogP) is 3.40. The van der Waals surface area contributed by atoms with E-state index in [0.717, 1.165) is 24.2 Å². The van der Waals surface area contributed by atoms with Gasteiger partial charge >= 0.3 is 0 Å². The van der Waals surface area contributed by atoms with Crippen molar-refractivity contribution in [1.29, 1.82) is 0 Å². The SMILES string of the molecule is CSC1(C(O)c2ccc(OC(C)C)cc2)CC1. The van der Waals surface area contributed by atoms with Crippen LogP contribution in [0.15, 0.2) is 24.3 Å². The monoisotopic (exact) mass is 252 g/mol. The van der Waals surface area contributed by atoms with Crippen LogP contribution in [0, 0.1) is 0 Å². The predicted molar refractivity (Wildman–Crippen MR) is 72.6 cm³/mol. The zero-order chi connectivity index (χ0) is 12.5. The second-order valence-corrected chi connectivity index (χ2v) is 6.13. The van der Waals surface area contributed by atoms with Gasteiger partial charge in [0.05, 0.1) is 12.2 Å². The first-order valence-corrected chi connectivity index (χ1v) is 7.30. The van der Waals surface area contributed by atoms with Crippen molar-refractivity contribution in [3.63, 3.8) is 0 Å². The normalized spacial score (nSPS) is 19.1. The highest BCUT2D eigenvalue weighted by atomic mass is 32.2. The Hall–Kier alpha value is -0.670. The van der Waals surface area contributed by atoms with E-state index in [0.29, 0.717) is 0 Å². The topological polar surface area (TPSA) is 29.5 Å². The molecule has 1 atom stereocenters. The van der Waals surface area contributed by atoms with Crippen LogP contribution in [0.25, 0.3) is 0 Å². The van der Waals surface area contributed by atoms with E-state index in [1.54, 1.807) is 11.8 Å². The zero-order valence-corrected chi connectivity index (χ0v) is 11.5. The molecular weight excluding hydrogens is 232 g/mol. The molecule has 1 N–H and O–H groups in total. The van der Waals surface area contributed by atoms with Gasteiger partial charge in [-0.3, -0.25) is 0 Å². The Bertz CT molecular complexity index is 368. The summed E-state index contributed by atoms with van der Waals surface area (Å²) in [6.45, 7) is 4.02. The van der Waals surface area contributed by atoms with Gasteiger partial charge in [-0.05, 0) is 50.6 Å². The molecule has 1 saturated carbocycles. The van der Waals surface area contributed by atoms with Crippen LogP contribution in [0.1, 0.15) is 38.4 Å². The fourth-order valence-corrected chi connectivity index (χ4v) is 2.89. The molecule has 1 aliphatic carbocycles. The number of ether oxygens (including phenoxy) is 1. The van der Waals surface area contributed by atoms with Gasteiger partial charge in [0.25, 0.3) is 0 Å². The maximum Gasteiger partial charge on any atom is 0.119 e. The summed E-state index contributed by atoms with van der Waals surface area (Å²) in [7, 11) is 0. The quantitative estimate of drug-likeness (QED) is 0.871. The number of hydrogen-bond donors (Lipinski definition) is 1. The first kappa shape index (κ1) is 12.8. The number of benzene rings is 1. The molecule has 1 aromatic carbocycles. The minimum Gasteiger partial charge on any atom is -0.491 e. The molecule has 17 heavy (non-hydrogen) atoms. The summed E-state index contributed by atoms with van der Waals surface area (Å²) in [5.41, 5.74) is 0.993. The van der Waals surface area contributed by atoms with Crippen LogP contribution in [0.2, 0.25) is 0 Å². The van der Waals surface area contributed by atoms with Crippen LogP contribution in [0.3, 0.4) is 0 Å². The number of aliphatic hydroxyl groups is 1. The number of hydrogen-bond acceptors (Lipinski definition) is 3. The van der Waals surface area contributed by atoms with Crippen LogP contribution in [-0.4, -0.2) is 22.2 Å². The second kappa shape index (κ2) is 4.91. The van der Waals surface area contributed by atoms with Crippen molar-refractivity contribution in [1.82, 2.24) is 0 Å². The first-order valence-electron chi connectivity index (χ1n) is 6.07. The summed E-state index contributed by atoms with van der Waals surface area (Å²) in [6.07, 6.45) is 4.13. The fraction of sp³-hybridized carbons (Fsp3) is 0.571. The summed E-state index contributed by atoms with van der Waals surface area (Å²) in [5, 5.41) is 10.3. The van der Waals surface area contributed by atoms with Crippen LogP contribution in [0.5, 0.6) is 5.75 Å². The molecule has 1 aromatic rings. The standard InChI is InChI=1S/C14H20O2S/c1-10(2)16-12-6-4-11(5-7-12)13(15)14(17-3)8-9-14/h4-7,10,13,15H,8-9H2,1-3H3. The molecule has 0 spiro atoms. The first-order chi connectivity index (χ1) is 8.07. The lowest BCUT2D eigenvalue weighted by Crippen LogP contribution is -2.15. The van der Waals surface area contributed by atoms with Crippen molar-refractivity contribution < 1.29 is 9.84 Å². The molecule has 2 rings (SSSR count). The third-order valence-electron chi connectivity index (χ3n) is 3.22. The molecule has 0 radical (unpaired) electrons. The molecule has 0 aliphatic heterocycles. The highest BCUT2D eigenvalue weighted by Crippen LogP contribution is 2.55. The smallest absolute Gasteiger partial charge is 0.119 e. The van der Waals surface area contributed by atoms with Crippen molar-refractivity contribution in [2.75, 3.05) is 6.26 Å². The molecule has 1 aliphatic rings. The molecule has 0 heterocycles. The number of thioether (sulfide) groups is 1. The average molecular weight is 252 g/mol. The molecule has 1 fully saturated rings. The number of rotatable bonds is 5. The summed E-state index contributed by atoms with van der Waals surface area (Å²) in [5.74, 6) is 0.866. The third-order valence-corrected chi connectivity index (χ3v) is 4.66. The van der Waals surface area contributed by atoms with Gasteiger partial charge < -0.3 is 9.84 Å². The lowest BCUT2D eigenvalue weighted by Gasteiger charge is -2.20. The lowest BCUT2D eigenvalue weighted by atomic mass is 10.1. The summed E-state index contributed by atoms with van der Waals surface area (Å²) in [4.78, 5) is 0. The third kappa shape index (κ3) is 2.78. The van der Waals surface area contributed by atoms with Crippen molar-refractivity contribution in [2.45, 2.75) is 43.6 Å². The number of aliphatic hydroxyl groups excluding tert-OH is 1. The van der Waals surface area contributed by atoms with E-state index >= 15 is 0 Å². The molecule has 94 valence electrons. The van der Waals surface area contributed by atoms with Gasteiger partial charge in [0, 0.05) is 4.75 Å². The van der Waals surface area contributed by atoms with Crippen LogP contribution in [-0.2, 0) is 0 Å². The van der Waals surface area contributed by atoms with Crippen molar-refractivity contribution in [3.8, 4) is 5.75 Å². The van der Waals surface area contributed by atoms with Gasteiger partial charge in [-0.25, -0.2) is 0 Å². The Morgan fingerprint density at radius 2 is 1.82 bits per heavy atom. The largest absolute Gasteiger partial charge is 0.491 e. The van der Waals surface area contributed by atoms with E-state index in [4.69, 9.17) is 4.74 Å². The van der Waals surface area contributed by atoms with Crippen molar-refractivity contribution in [3.05, 3.63) is 29.8 Å². The Morgan fingerprint density at radius 1 is 1.24 bits per heavy atom. The van der Waals surface area contributed by atoms with Gasteiger partial charge in [0.2, 0.25) is 0 Å². The maximum absolute atomic E-state index is 10.3. The summed E-state index contributed by atoms with van der Waals surface area (Å²) in [6, 6.07) is 7.82. The molecule has 0 saturated heterocycles. The second-order valence-electron chi connectivity index (χ2n) is 4.91. The lowest BCUT2D eigenvalue weighted by molar-refractivity contribution is 0.167. The van der Waals surface area contributed by atoms with E-state index in [1.807, 2.05) is 38.1 Å². The van der Waals surface area contributed by atoms with Gasteiger partial charge in [-0.15, -0.1) is 0 Å². The minimum atomic E-state index is -0.356. The Balaban J connectivity index is 2.07. The molecular formula is C14H20O2S. The van der Waals surface area contributed by atoms with Crippen molar-refractivity contribution in [2.24, 2.45) is 0 Å². The molecule has 2 nitrogen and oxygen atoms in total. The minimum absolute atomic E-state index is 0.0699. The molecule has 0 bridgehead atoms. The van der Waals surface area contributed by atoms with Crippen LogP contribution in [0.4, 0.5) is 0 Å². The maximum atomic E-state index is 10.3. The fourth-order valence-electron chi connectivity index (χ4n) is 2.02. The molecule has 0 aromatic heterocycles. The zero-order valence-electron chi connectivity index (χ0n) is 10.6. The molecule has 1 unspecified atom stereocenters. The van der Waals surface area contributed by atoms with E-state index in [2.05, 4.69) is 6.26 Å². The van der Waals surface area contributed by atoms with Gasteiger partial charge in [0.15, 0.2) is 0 Å². The van der Waals surface area contributed by atoms with Gasteiger partial charge in [-0.1, -0.05) is 12.1 Å². The Kier molecular flexibility index (Phi) is 3.69. The van der Waals surface area contributed by atoms with E-state index < -0.39 is 0 Å².